The Hall–Kier alpha value is -1.02. The lowest BCUT2D eigenvalue weighted by Gasteiger charge is -2.12. The van der Waals surface area contributed by atoms with E-state index in [0.717, 1.165) is 42.6 Å². The Bertz CT molecular complexity index is 457. The fraction of sp³-hybridized carbons (Fsp3) is 0.471. The van der Waals surface area contributed by atoms with Crippen LogP contribution in [0.1, 0.15) is 45.1 Å². The second-order valence-corrected chi connectivity index (χ2v) is 6.67. The van der Waals surface area contributed by atoms with E-state index in [0.29, 0.717) is 11.7 Å². The Balaban J connectivity index is 2.01. The van der Waals surface area contributed by atoms with Crippen LogP contribution in [0.4, 0.5) is 0 Å². The van der Waals surface area contributed by atoms with Crippen molar-refractivity contribution < 1.29 is 4.79 Å². The summed E-state index contributed by atoms with van der Waals surface area (Å²) >= 11 is 1.90. The minimum absolute atomic E-state index is 0.338. The molecular weight excluding hydrogens is 252 g/mol. The number of hydrogen-bond donors (Lipinski definition) is 0. The van der Waals surface area contributed by atoms with Crippen molar-refractivity contribution in [1.29, 1.82) is 0 Å². The van der Waals surface area contributed by atoms with Crippen molar-refractivity contribution in [2.45, 2.75) is 44.4 Å². The molecule has 1 aromatic rings. The first-order valence-electron chi connectivity index (χ1n) is 7.12. The topological polar surface area (TPSA) is 17.1 Å². The highest BCUT2D eigenvalue weighted by molar-refractivity contribution is 7.99. The minimum atomic E-state index is 0.338. The van der Waals surface area contributed by atoms with Crippen molar-refractivity contribution in [2.24, 2.45) is 5.92 Å². The highest BCUT2D eigenvalue weighted by Crippen LogP contribution is 2.24. The monoisotopic (exact) mass is 274 g/mol. The van der Waals surface area contributed by atoms with Gasteiger partial charge in [-0.2, -0.15) is 0 Å². The second kappa shape index (κ2) is 6.95. The Labute approximate surface area is 120 Å². The molecule has 0 bridgehead atoms. The molecule has 2 heteroatoms. The van der Waals surface area contributed by atoms with Gasteiger partial charge in [0.05, 0.1) is 0 Å². The first kappa shape index (κ1) is 14.4. The number of carbonyl (C=O) groups is 1. The maximum absolute atomic E-state index is 11.8. The Morgan fingerprint density at radius 2 is 1.84 bits per heavy atom. The first-order chi connectivity index (χ1) is 9.15. The molecule has 0 N–H and O–H groups in total. The Morgan fingerprint density at radius 3 is 2.47 bits per heavy atom. The molecule has 1 aromatic carbocycles. The average Bonchev–Trinajstić information content (AvgIpc) is 2.40. The van der Waals surface area contributed by atoms with Gasteiger partial charge in [-0.25, -0.2) is 0 Å². The van der Waals surface area contributed by atoms with E-state index >= 15 is 0 Å². The van der Waals surface area contributed by atoms with Gasteiger partial charge in [-0.05, 0) is 54.5 Å². The Morgan fingerprint density at radius 1 is 1.16 bits per heavy atom. The van der Waals surface area contributed by atoms with Crippen LogP contribution in [0.5, 0.6) is 0 Å². The third-order valence-electron chi connectivity index (χ3n) is 3.26. The molecular formula is C17H22OS. The quantitative estimate of drug-likeness (QED) is 0.570. The van der Waals surface area contributed by atoms with E-state index in [1.807, 2.05) is 11.8 Å². The summed E-state index contributed by atoms with van der Waals surface area (Å²) in [5, 5.41) is 0. The molecule has 0 aliphatic heterocycles. The van der Waals surface area contributed by atoms with Crippen LogP contribution in [-0.4, -0.2) is 11.5 Å². The third-order valence-corrected chi connectivity index (χ3v) is 4.70. The predicted molar refractivity (Wildman–Crippen MR) is 83.5 cm³/mol. The molecule has 19 heavy (non-hydrogen) atoms. The van der Waals surface area contributed by atoms with Crippen LogP contribution in [0.25, 0.3) is 6.08 Å². The second-order valence-electron chi connectivity index (χ2n) is 5.57. The highest BCUT2D eigenvalue weighted by atomic mass is 32.2. The van der Waals surface area contributed by atoms with Crippen molar-refractivity contribution >= 4 is 23.6 Å². The number of thioether (sulfide) groups is 1. The van der Waals surface area contributed by atoms with Crippen LogP contribution >= 0.6 is 11.8 Å². The van der Waals surface area contributed by atoms with Gasteiger partial charge in [0.25, 0.3) is 0 Å². The molecule has 0 radical (unpaired) electrons. The van der Waals surface area contributed by atoms with Crippen LogP contribution in [0.15, 0.2) is 34.7 Å². The van der Waals surface area contributed by atoms with Crippen molar-refractivity contribution in [3.8, 4) is 0 Å². The normalized spacial score (nSPS) is 18.3. The molecule has 1 saturated carbocycles. The standard InChI is InChI=1S/C17H22OS/c1-13(2)12-19-16-9-7-14(8-10-16)11-15-5-3-4-6-17(15)18/h7-11,13H,3-6,12H2,1-2H3/b15-11-. The molecule has 2 rings (SSSR count). The van der Waals surface area contributed by atoms with Crippen LogP contribution in [0.2, 0.25) is 0 Å². The van der Waals surface area contributed by atoms with Crippen LogP contribution in [-0.2, 0) is 4.79 Å². The predicted octanol–water partition coefficient (Wildman–Crippen LogP) is 4.96. The summed E-state index contributed by atoms with van der Waals surface area (Å²) in [4.78, 5) is 13.1. The fourth-order valence-electron chi connectivity index (χ4n) is 2.18. The van der Waals surface area contributed by atoms with Gasteiger partial charge < -0.3 is 0 Å². The van der Waals surface area contributed by atoms with Gasteiger partial charge in [-0.15, -0.1) is 11.8 Å². The largest absolute Gasteiger partial charge is 0.295 e. The molecule has 1 aliphatic rings. The lowest BCUT2D eigenvalue weighted by atomic mass is 9.92. The van der Waals surface area contributed by atoms with Crippen LogP contribution < -0.4 is 0 Å². The van der Waals surface area contributed by atoms with Gasteiger partial charge in [0.2, 0.25) is 0 Å². The van der Waals surface area contributed by atoms with Crippen LogP contribution in [0.3, 0.4) is 0 Å². The van der Waals surface area contributed by atoms with E-state index in [1.165, 1.54) is 4.90 Å². The fourth-order valence-corrected chi connectivity index (χ4v) is 3.03. The smallest absolute Gasteiger partial charge is 0.158 e. The summed E-state index contributed by atoms with van der Waals surface area (Å²) < 4.78 is 0. The number of ketones is 1. The molecule has 102 valence electrons. The molecule has 1 aliphatic carbocycles. The van der Waals surface area contributed by atoms with Crippen molar-refractivity contribution in [1.82, 2.24) is 0 Å². The summed E-state index contributed by atoms with van der Waals surface area (Å²) in [7, 11) is 0. The number of rotatable bonds is 4. The third kappa shape index (κ3) is 4.54. The summed E-state index contributed by atoms with van der Waals surface area (Å²) in [6.07, 6.45) is 5.95. The van der Waals surface area contributed by atoms with Crippen LogP contribution in [0, 0.1) is 5.92 Å². The number of hydrogen-bond acceptors (Lipinski definition) is 2. The highest BCUT2D eigenvalue weighted by Gasteiger charge is 2.14. The maximum Gasteiger partial charge on any atom is 0.158 e. The van der Waals surface area contributed by atoms with E-state index in [4.69, 9.17) is 0 Å². The summed E-state index contributed by atoms with van der Waals surface area (Å²) in [6.45, 7) is 4.47. The lowest BCUT2D eigenvalue weighted by Crippen LogP contribution is -2.07. The van der Waals surface area contributed by atoms with E-state index in [1.54, 1.807) is 0 Å². The molecule has 0 unspecified atom stereocenters. The minimum Gasteiger partial charge on any atom is -0.295 e. The number of Topliss-reactive ketones (excluding diaryl/α,β-unsaturated/α-hetero) is 1. The van der Waals surface area contributed by atoms with Crippen molar-refractivity contribution in [2.75, 3.05) is 5.75 Å². The van der Waals surface area contributed by atoms with E-state index in [-0.39, 0.29) is 0 Å². The van der Waals surface area contributed by atoms with Gasteiger partial charge >= 0.3 is 0 Å². The van der Waals surface area contributed by atoms with Crippen molar-refractivity contribution in [3.05, 3.63) is 35.4 Å². The number of allylic oxidation sites excluding steroid dienone is 1. The number of carbonyl (C=O) groups excluding carboxylic acids is 1. The Kier molecular flexibility index (Phi) is 5.26. The van der Waals surface area contributed by atoms with E-state index in [9.17, 15) is 4.79 Å². The summed E-state index contributed by atoms with van der Waals surface area (Å²) in [5.74, 6) is 2.20. The molecule has 0 spiro atoms. The maximum atomic E-state index is 11.8. The van der Waals surface area contributed by atoms with Gasteiger partial charge in [0, 0.05) is 17.1 Å². The lowest BCUT2D eigenvalue weighted by molar-refractivity contribution is -0.116. The molecule has 0 atom stereocenters. The van der Waals surface area contributed by atoms with E-state index < -0.39 is 0 Å². The van der Waals surface area contributed by atoms with Crippen molar-refractivity contribution in [3.63, 3.8) is 0 Å². The average molecular weight is 274 g/mol. The zero-order chi connectivity index (χ0) is 13.7. The first-order valence-corrected chi connectivity index (χ1v) is 8.10. The number of benzene rings is 1. The van der Waals surface area contributed by atoms with Gasteiger partial charge in [0.1, 0.15) is 0 Å². The van der Waals surface area contributed by atoms with E-state index in [2.05, 4.69) is 44.2 Å². The molecule has 1 fully saturated rings. The molecule has 1 nitrogen and oxygen atoms in total. The zero-order valence-corrected chi connectivity index (χ0v) is 12.6. The zero-order valence-electron chi connectivity index (χ0n) is 11.8. The molecule has 0 saturated heterocycles. The molecule has 0 heterocycles. The van der Waals surface area contributed by atoms with Gasteiger partial charge in [0.15, 0.2) is 5.78 Å². The summed E-state index contributed by atoms with van der Waals surface area (Å²) in [6, 6.07) is 8.56. The summed E-state index contributed by atoms with van der Waals surface area (Å²) in [5.41, 5.74) is 2.16. The molecule has 0 amide bonds. The molecule has 0 aromatic heterocycles. The van der Waals surface area contributed by atoms with Gasteiger partial charge in [-0.1, -0.05) is 26.0 Å². The van der Waals surface area contributed by atoms with Gasteiger partial charge in [-0.3, -0.25) is 4.79 Å². The SMILES string of the molecule is CC(C)CSc1ccc(/C=C2/CCCCC2=O)cc1.